The SMILES string of the molecule is COC(=O)c1ccccc1N=Nc1cc(S(=O)(=O)O)c(N)c(N=Nc2cc(C)c(S(=O)(=O)CCO)cc2OC)c1N. The molecule has 3 aromatic carbocycles. The molecule has 3 aromatic rings. The first-order valence-corrected chi connectivity index (χ1v) is 14.6. The van der Waals surface area contributed by atoms with Gasteiger partial charge in [-0.25, -0.2) is 13.2 Å². The number of hydrogen-bond donors (Lipinski definition) is 4. The fourth-order valence-electron chi connectivity index (χ4n) is 3.58. The number of aliphatic hydroxyl groups excluding tert-OH is 1. The van der Waals surface area contributed by atoms with Crippen molar-refractivity contribution in [3.63, 3.8) is 0 Å². The second kappa shape index (κ2) is 12.4. The predicted octanol–water partition coefficient (Wildman–Crippen LogP) is 3.80. The Labute approximate surface area is 235 Å². The predicted molar refractivity (Wildman–Crippen MR) is 148 cm³/mol. The monoisotopic (exact) mass is 606 g/mol. The van der Waals surface area contributed by atoms with Crippen LogP contribution in [0.5, 0.6) is 5.75 Å². The molecule has 218 valence electrons. The average Bonchev–Trinajstić information content (AvgIpc) is 2.91. The molecular formula is C24H26N6O9S2. The summed E-state index contributed by atoms with van der Waals surface area (Å²) >= 11 is 0. The van der Waals surface area contributed by atoms with Crippen molar-refractivity contribution in [2.45, 2.75) is 16.7 Å². The van der Waals surface area contributed by atoms with Gasteiger partial charge in [0.15, 0.2) is 9.84 Å². The Morgan fingerprint density at radius 1 is 0.878 bits per heavy atom. The summed E-state index contributed by atoms with van der Waals surface area (Å²) in [6.07, 6.45) is 0. The number of aryl methyl sites for hydroxylation is 1. The van der Waals surface area contributed by atoms with Gasteiger partial charge in [0.2, 0.25) is 0 Å². The lowest BCUT2D eigenvalue weighted by Gasteiger charge is -2.12. The van der Waals surface area contributed by atoms with Gasteiger partial charge >= 0.3 is 5.97 Å². The van der Waals surface area contributed by atoms with Gasteiger partial charge in [0.1, 0.15) is 33.4 Å². The number of esters is 1. The molecule has 3 rings (SSSR count). The number of rotatable bonds is 10. The normalized spacial score (nSPS) is 12.2. The van der Waals surface area contributed by atoms with Crippen LogP contribution in [0.1, 0.15) is 15.9 Å². The molecule has 0 saturated carbocycles. The van der Waals surface area contributed by atoms with Crippen molar-refractivity contribution in [3.05, 3.63) is 53.6 Å². The number of azo groups is 2. The maximum atomic E-state index is 12.5. The Kier molecular flexibility index (Phi) is 9.38. The number of ether oxygens (including phenoxy) is 2. The van der Waals surface area contributed by atoms with E-state index in [1.54, 1.807) is 12.1 Å². The van der Waals surface area contributed by atoms with E-state index >= 15 is 0 Å². The van der Waals surface area contributed by atoms with E-state index in [9.17, 15) is 26.2 Å². The van der Waals surface area contributed by atoms with Gasteiger partial charge in [0, 0.05) is 6.07 Å². The molecule has 15 nitrogen and oxygen atoms in total. The van der Waals surface area contributed by atoms with E-state index in [2.05, 4.69) is 20.5 Å². The third-order valence-corrected chi connectivity index (χ3v) is 8.33. The molecule has 0 unspecified atom stereocenters. The van der Waals surface area contributed by atoms with Gasteiger partial charge in [-0.05, 0) is 36.8 Å². The summed E-state index contributed by atoms with van der Waals surface area (Å²) in [5.74, 6) is -1.22. The Morgan fingerprint density at radius 3 is 2.12 bits per heavy atom. The van der Waals surface area contributed by atoms with Crippen molar-refractivity contribution >= 4 is 60.0 Å². The molecule has 41 heavy (non-hydrogen) atoms. The van der Waals surface area contributed by atoms with Crippen LogP contribution in [0, 0.1) is 6.92 Å². The minimum atomic E-state index is -4.90. The van der Waals surface area contributed by atoms with Gasteiger partial charge in [-0.2, -0.15) is 8.42 Å². The van der Waals surface area contributed by atoms with Crippen LogP contribution in [0.25, 0.3) is 0 Å². The molecule has 6 N–H and O–H groups in total. The lowest BCUT2D eigenvalue weighted by molar-refractivity contribution is 0.0601. The second-order valence-corrected chi connectivity index (χ2v) is 11.8. The highest BCUT2D eigenvalue weighted by molar-refractivity contribution is 7.91. The van der Waals surface area contributed by atoms with E-state index < -0.39 is 54.6 Å². The topological polar surface area (TPSA) is 246 Å². The number of sulfone groups is 1. The number of aliphatic hydroxyl groups is 1. The van der Waals surface area contributed by atoms with Crippen molar-refractivity contribution in [2.75, 3.05) is 38.0 Å². The van der Waals surface area contributed by atoms with Crippen LogP contribution < -0.4 is 16.2 Å². The summed E-state index contributed by atoms with van der Waals surface area (Å²) in [7, 11) is -6.29. The summed E-state index contributed by atoms with van der Waals surface area (Å²) in [5, 5.41) is 25.0. The Hall–Kier alpha value is -4.45. The molecule has 0 aliphatic heterocycles. The van der Waals surface area contributed by atoms with Crippen LogP contribution in [0.15, 0.2) is 72.7 Å². The van der Waals surface area contributed by atoms with Crippen LogP contribution >= 0.6 is 0 Å². The number of nitrogens with two attached hydrogens (primary N) is 2. The van der Waals surface area contributed by atoms with E-state index in [0.29, 0.717) is 0 Å². The molecule has 0 atom stereocenters. The molecule has 0 aliphatic rings. The number of hydrogen-bond acceptors (Lipinski definition) is 14. The largest absolute Gasteiger partial charge is 0.494 e. The minimum absolute atomic E-state index is 0.0155. The van der Waals surface area contributed by atoms with Crippen LogP contribution in [-0.2, 0) is 24.7 Å². The van der Waals surface area contributed by atoms with Gasteiger partial charge < -0.3 is 26.0 Å². The van der Waals surface area contributed by atoms with Gasteiger partial charge in [-0.3, -0.25) is 4.55 Å². The van der Waals surface area contributed by atoms with Crippen molar-refractivity contribution in [2.24, 2.45) is 20.5 Å². The first-order valence-electron chi connectivity index (χ1n) is 11.5. The summed E-state index contributed by atoms with van der Waals surface area (Å²) in [5.41, 5.74) is 11.1. The van der Waals surface area contributed by atoms with Crippen LogP contribution in [0.4, 0.5) is 34.1 Å². The van der Waals surface area contributed by atoms with Crippen LogP contribution in [-0.4, -0.2) is 59.0 Å². The van der Waals surface area contributed by atoms with Crippen molar-refractivity contribution < 1.29 is 40.8 Å². The molecule has 0 saturated heterocycles. The zero-order valence-electron chi connectivity index (χ0n) is 22.0. The zero-order chi connectivity index (χ0) is 30.5. The highest BCUT2D eigenvalue weighted by Crippen LogP contribution is 2.44. The molecule has 0 bridgehead atoms. The van der Waals surface area contributed by atoms with E-state index in [4.69, 9.17) is 26.0 Å². The van der Waals surface area contributed by atoms with Crippen molar-refractivity contribution in [1.82, 2.24) is 0 Å². The standard InChI is InChI=1S/C24H26N6O9S2/c1-13-10-16(18(38-2)12-19(13)40(33,34)9-8-31)28-30-23-21(25)17(11-20(22(23)26)41(35,36)37)29-27-15-7-5-4-6-14(15)24(32)39-3/h4-7,10-12,31H,8-9,25-26H2,1-3H3,(H,35,36,37). The fourth-order valence-corrected chi connectivity index (χ4v) is 5.51. The highest BCUT2D eigenvalue weighted by Gasteiger charge is 2.24. The first kappa shape index (κ1) is 31.1. The van der Waals surface area contributed by atoms with E-state index in [1.807, 2.05) is 0 Å². The molecule has 17 heteroatoms. The van der Waals surface area contributed by atoms with Gasteiger partial charge in [0.25, 0.3) is 10.1 Å². The van der Waals surface area contributed by atoms with Gasteiger partial charge in [0.05, 0.1) is 48.4 Å². The Bertz CT molecular complexity index is 1770. The summed E-state index contributed by atoms with van der Waals surface area (Å²) in [4.78, 5) is 11.2. The third-order valence-electron chi connectivity index (χ3n) is 5.60. The summed E-state index contributed by atoms with van der Waals surface area (Å²) in [6, 6.07) is 9.45. The molecular weight excluding hydrogens is 580 g/mol. The number of nitrogens with zero attached hydrogens (tertiary/aromatic N) is 4. The number of nitrogen functional groups attached to an aromatic ring is 2. The van der Waals surface area contributed by atoms with E-state index in [1.165, 1.54) is 45.4 Å². The van der Waals surface area contributed by atoms with E-state index in [0.717, 1.165) is 6.07 Å². The molecule has 0 fully saturated rings. The van der Waals surface area contributed by atoms with Crippen molar-refractivity contribution in [3.8, 4) is 5.75 Å². The summed E-state index contributed by atoms with van der Waals surface area (Å²) < 4.78 is 68.8. The van der Waals surface area contributed by atoms with Crippen molar-refractivity contribution in [1.29, 1.82) is 0 Å². The van der Waals surface area contributed by atoms with E-state index in [-0.39, 0.29) is 44.5 Å². The maximum absolute atomic E-state index is 12.5. The number of carbonyl (C=O) groups is 1. The second-order valence-electron chi connectivity index (χ2n) is 8.29. The van der Waals surface area contributed by atoms with Gasteiger partial charge in [-0.15, -0.1) is 20.5 Å². The number of anilines is 2. The number of methoxy groups -OCH3 is 2. The van der Waals surface area contributed by atoms with Crippen LogP contribution in [0.2, 0.25) is 0 Å². The quantitative estimate of drug-likeness (QED) is 0.112. The highest BCUT2D eigenvalue weighted by atomic mass is 32.2. The first-order chi connectivity index (χ1) is 19.2. The summed E-state index contributed by atoms with van der Waals surface area (Å²) in [6.45, 7) is 0.914. The Morgan fingerprint density at radius 2 is 1.51 bits per heavy atom. The molecule has 0 aliphatic carbocycles. The minimum Gasteiger partial charge on any atom is -0.494 e. The fraction of sp³-hybridized carbons (Fsp3) is 0.208. The molecule has 0 amide bonds. The lowest BCUT2D eigenvalue weighted by Crippen LogP contribution is -2.11. The molecule has 0 aromatic heterocycles. The maximum Gasteiger partial charge on any atom is 0.340 e. The zero-order valence-corrected chi connectivity index (χ0v) is 23.6. The van der Waals surface area contributed by atoms with Crippen LogP contribution in [0.3, 0.4) is 0 Å². The average molecular weight is 607 g/mol. The Balaban J connectivity index is 2.18. The molecule has 0 spiro atoms. The molecule has 0 heterocycles. The lowest BCUT2D eigenvalue weighted by atomic mass is 10.2. The smallest absolute Gasteiger partial charge is 0.340 e. The van der Waals surface area contributed by atoms with Gasteiger partial charge in [-0.1, -0.05) is 12.1 Å². The number of benzene rings is 3. The number of carbonyl (C=O) groups excluding carboxylic acids is 1. The molecule has 0 radical (unpaired) electrons. The third kappa shape index (κ3) is 6.83.